The zero-order valence-electron chi connectivity index (χ0n) is 6.17. The molecular formula is C9H6ClNS. The Morgan fingerprint density at radius 2 is 2.08 bits per heavy atom. The molecule has 1 aromatic carbocycles. The van der Waals surface area contributed by atoms with E-state index in [1.165, 1.54) is 0 Å². The van der Waals surface area contributed by atoms with E-state index in [1.807, 2.05) is 30.5 Å². The molecule has 0 aliphatic heterocycles. The zero-order valence-corrected chi connectivity index (χ0v) is 7.75. The van der Waals surface area contributed by atoms with Gasteiger partial charge in [-0.05, 0) is 18.2 Å². The van der Waals surface area contributed by atoms with Crippen LogP contribution in [0.2, 0.25) is 5.02 Å². The monoisotopic (exact) mass is 195 g/mol. The fraction of sp³-hybridized carbons (Fsp3) is 0. The number of pyridine rings is 1. The molecule has 12 heavy (non-hydrogen) atoms. The lowest BCUT2D eigenvalue weighted by molar-refractivity contribution is 1.41. The first kappa shape index (κ1) is 7.77. The number of rotatable bonds is 0. The van der Waals surface area contributed by atoms with Gasteiger partial charge < -0.3 is 4.98 Å². The fourth-order valence-electron chi connectivity index (χ4n) is 1.19. The molecule has 0 atom stereocenters. The standard InChI is InChI=1S/C9H6ClNS/c10-6-2-1-3-7-9(6)8(12)4-5-11-7/h1-5H,(H,11,12). The third-order valence-electron chi connectivity index (χ3n) is 1.73. The molecule has 0 unspecified atom stereocenters. The summed E-state index contributed by atoms with van der Waals surface area (Å²) in [5, 5.41) is 1.63. The molecule has 1 nitrogen and oxygen atoms in total. The van der Waals surface area contributed by atoms with E-state index in [2.05, 4.69) is 4.98 Å². The molecule has 2 aromatic rings. The van der Waals surface area contributed by atoms with Crippen molar-refractivity contribution in [2.24, 2.45) is 0 Å². The lowest BCUT2D eigenvalue weighted by atomic mass is 10.2. The molecule has 0 radical (unpaired) electrons. The van der Waals surface area contributed by atoms with Crippen LogP contribution in [0.1, 0.15) is 0 Å². The highest BCUT2D eigenvalue weighted by molar-refractivity contribution is 7.71. The molecule has 1 heterocycles. The van der Waals surface area contributed by atoms with E-state index < -0.39 is 0 Å². The Balaban J connectivity index is 3.07. The van der Waals surface area contributed by atoms with Gasteiger partial charge in [0.2, 0.25) is 0 Å². The summed E-state index contributed by atoms with van der Waals surface area (Å²) in [5.41, 5.74) is 0.981. The molecule has 3 heteroatoms. The molecule has 0 aliphatic rings. The van der Waals surface area contributed by atoms with Crippen molar-refractivity contribution in [1.82, 2.24) is 4.98 Å². The van der Waals surface area contributed by atoms with Gasteiger partial charge in [0, 0.05) is 21.6 Å². The second-order valence-electron chi connectivity index (χ2n) is 2.50. The number of aromatic nitrogens is 1. The molecule has 0 bridgehead atoms. The lowest BCUT2D eigenvalue weighted by Gasteiger charge is -1.98. The highest BCUT2D eigenvalue weighted by atomic mass is 35.5. The van der Waals surface area contributed by atoms with Crippen LogP contribution in [0, 0.1) is 4.51 Å². The number of hydrogen-bond donors (Lipinski definition) is 1. The van der Waals surface area contributed by atoms with Crippen molar-refractivity contribution in [3.63, 3.8) is 0 Å². The Labute approximate surface area is 80.0 Å². The summed E-state index contributed by atoms with van der Waals surface area (Å²) in [6.45, 7) is 0. The van der Waals surface area contributed by atoms with E-state index in [1.54, 1.807) is 0 Å². The number of halogens is 1. The van der Waals surface area contributed by atoms with Crippen molar-refractivity contribution in [3.8, 4) is 0 Å². The van der Waals surface area contributed by atoms with Gasteiger partial charge in [-0.25, -0.2) is 0 Å². The first-order valence-electron chi connectivity index (χ1n) is 3.55. The van der Waals surface area contributed by atoms with Crippen molar-refractivity contribution in [3.05, 3.63) is 40.0 Å². The Morgan fingerprint density at radius 3 is 2.83 bits per heavy atom. The number of hydrogen-bond acceptors (Lipinski definition) is 1. The lowest BCUT2D eigenvalue weighted by Crippen LogP contribution is -1.78. The number of H-pyrrole nitrogens is 1. The molecule has 2 rings (SSSR count). The van der Waals surface area contributed by atoms with Crippen LogP contribution < -0.4 is 0 Å². The van der Waals surface area contributed by atoms with E-state index in [0.717, 1.165) is 15.4 Å². The Kier molecular flexibility index (Phi) is 1.87. The van der Waals surface area contributed by atoms with Crippen molar-refractivity contribution >= 4 is 34.7 Å². The van der Waals surface area contributed by atoms with Crippen LogP contribution >= 0.6 is 23.8 Å². The zero-order chi connectivity index (χ0) is 8.55. The maximum atomic E-state index is 5.98. The van der Waals surface area contributed by atoms with Gasteiger partial charge in [0.05, 0.1) is 5.02 Å². The maximum Gasteiger partial charge on any atom is 0.0513 e. The molecule has 0 spiro atoms. The fourth-order valence-corrected chi connectivity index (χ4v) is 1.81. The summed E-state index contributed by atoms with van der Waals surface area (Å²) in [6.07, 6.45) is 1.82. The molecule has 0 fully saturated rings. The molecule has 0 saturated heterocycles. The van der Waals surface area contributed by atoms with Crippen molar-refractivity contribution in [1.29, 1.82) is 0 Å². The van der Waals surface area contributed by atoms with Gasteiger partial charge >= 0.3 is 0 Å². The smallest absolute Gasteiger partial charge is 0.0513 e. The van der Waals surface area contributed by atoms with Gasteiger partial charge in [-0.3, -0.25) is 0 Å². The third-order valence-corrected chi connectivity index (χ3v) is 2.39. The molecular weight excluding hydrogens is 190 g/mol. The molecule has 0 saturated carbocycles. The van der Waals surface area contributed by atoms with E-state index >= 15 is 0 Å². The SMILES string of the molecule is S=c1cc[nH]c2cccc(Cl)c12. The minimum atomic E-state index is 0.703. The second kappa shape index (κ2) is 2.88. The summed E-state index contributed by atoms with van der Waals surface area (Å²) >= 11 is 11.1. The topological polar surface area (TPSA) is 15.8 Å². The van der Waals surface area contributed by atoms with Crippen LogP contribution in [0.3, 0.4) is 0 Å². The number of fused-ring (bicyclic) bond motifs is 1. The first-order chi connectivity index (χ1) is 5.79. The van der Waals surface area contributed by atoms with Gasteiger partial charge in [0.15, 0.2) is 0 Å². The average molecular weight is 196 g/mol. The molecule has 0 aliphatic carbocycles. The van der Waals surface area contributed by atoms with Crippen LogP contribution in [0.5, 0.6) is 0 Å². The van der Waals surface area contributed by atoms with E-state index in [0.29, 0.717) is 5.02 Å². The minimum Gasteiger partial charge on any atom is -0.361 e. The number of nitrogens with one attached hydrogen (secondary N) is 1. The van der Waals surface area contributed by atoms with Crippen LogP contribution in [0.4, 0.5) is 0 Å². The highest BCUT2D eigenvalue weighted by Gasteiger charge is 1.98. The minimum absolute atomic E-state index is 0.703. The van der Waals surface area contributed by atoms with E-state index in [-0.39, 0.29) is 0 Å². The Morgan fingerprint density at radius 1 is 1.25 bits per heavy atom. The predicted octanol–water partition coefficient (Wildman–Crippen LogP) is 3.55. The van der Waals surface area contributed by atoms with Gasteiger partial charge in [-0.15, -0.1) is 0 Å². The van der Waals surface area contributed by atoms with E-state index in [9.17, 15) is 0 Å². The van der Waals surface area contributed by atoms with Crippen LogP contribution in [0.15, 0.2) is 30.5 Å². The maximum absolute atomic E-state index is 5.98. The van der Waals surface area contributed by atoms with Gasteiger partial charge in [-0.1, -0.05) is 29.9 Å². The molecule has 60 valence electrons. The van der Waals surface area contributed by atoms with Crippen molar-refractivity contribution in [2.75, 3.05) is 0 Å². The van der Waals surface area contributed by atoms with E-state index in [4.69, 9.17) is 23.8 Å². The van der Waals surface area contributed by atoms with Crippen LogP contribution in [-0.4, -0.2) is 4.98 Å². The van der Waals surface area contributed by atoms with Crippen LogP contribution in [-0.2, 0) is 0 Å². The third kappa shape index (κ3) is 1.13. The average Bonchev–Trinajstić information content (AvgIpc) is 2.04. The van der Waals surface area contributed by atoms with Crippen molar-refractivity contribution < 1.29 is 0 Å². The highest BCUT2D eigenvalue weighted by Crippen LogP contribution is 2.22. The predicted molar refractivity (Wildman–Crippen MR) is 54.1 cm³/mol. The summed E-state index contributed by atoms with van der Waals surface area (Å²) < 4.78 is 0.786. The van der Waals surface area contributed by atoms with Gasteiger partial charge in [0.25, 0.3) is 0 Å². The summed E-state index contributed by atoms with van der Waals surface area (Å²) in [6, 6.07) is 7.53. The quantitative estimate of drug-likeness (QED) is 0.636. The normalized spacial score (nSPS) is 10.4. The van der Waals surface area contributed by atoms with Crippen molar-refractivity contribution in [2.45, 2.75) is 0 Å². The number of aromatic amines is 1. The summed E-state index contributed by atoms with van der Waals surface area (Å²) in [7, 11) is 0. The first-order valence-corrected chi connectivity index (χ1v) is 4.33. The van der Waals surface area contributed by atoms with Gasteiger partial charge in [0.1, 0.15) is 0 Å². The van der Waals surface area contributed by atoms with Gasteiger partial charge in [-0.2, -0.15) is 0 Å². The Hall–Kier alpha value is -0.860. The van der Waals surface area contributed by atoms with Crippen LogP contribution in [0.25, 0.3) is 10.9 Å². The number of benzene rings is 1. The largest absolute Gasteiger partial charge is 0.361 e. The summed E-state index contributed by atoms with van der Waals surface area (Å²) in [5.74, 6) is 0. The second-order valence-corrected chi connectivity index (χ2v) is 3.35. The summed E-state index contributed by atoms with van der Waals surface area (Å²) in [4.78, 5) is 3.08. The molecule has 1 N–H and O–H groups in total. The molecule has 0 amide bonds. The Bertz CT molecular complexity index is 470. The molecule has 1 aromatic heterocycles.